The first-order chi connectivity index (χ1) is 30.8. The van der Waals surface area contributed by atoms with Crippen molar-refractivity contribution in [2.75, 3.05) is 28.4 Å². The Bertz CT molecular complexity index is 2860. The Morgan fingerprint density at radius 1 is 0.302 bits per heavy atom. The van der Waals surface area contributed by atoms with E-state index in [2.05, 4.69) is 0 Å². The number of furan rings is 1. The van der Waals surface area contributed by atoms with Crippen LogP contribution < -0.4 is 10.8 Å². The normalized spacial score (nSPS) is 11.1. The first kappa shape index (κ1) is 40.1. The molecular weight excluding hydrogens is 793 g/mol. The Morgan fingerprint density at radius 3 is 0.714 bits per heavy atom. The number of fused-ring (bicyclic) bond motifs is 4. The lowest BCUT2D eigenvalue weighted by molar-refractivity contribution is 0.0593. The molecule has 0 atom stereocenters. The summed E-state index contributed by atoms with van der Waals surface area (Å²) in [5, 5.41) is 0. The van der Waals surface area contributed by atoms with Gasteiger partial charge in [-0.3, -0.25) is 0 Å². The van der Waals surface area contributed by atoms with E-state index >= 15 is 0 Å². The van der Waals surface area contributed by atoms with Crippen molar-refractivity contribution >= 4 is 35.0 Å². The molecule has 0 saturated carbocycles. The van der Waals surface area contributed by atoms with Gasteiger partial charge in [-0.2, -0.15) is 0 Å². The minimum Gasteiger partial charge on any atom is -0.465 e. The summed E-state index contributed by atoms with van der Waals surface area (Å²) in [7, 11) is 5.37. The molecule has 0 radical (unpaired) electrons. The van der Waals surface area contributed by atoms with Gasteiger partial charge in [0.05, 0.1) is 50.7 Å². The van der Waals surface area contributed by atoms with Crippen LogP contribution in [0.5, 0.6) is 0 Å². The number of ether oxygens (including phenoxy) is 4. The largest absolute Gasteiger partial charge is 0.465 e. The van der Waals surface area contributed by atoms with Gasteiger partial charge in [-0.05, 0) is 103 Å². The maximum Gasteiger partial charge on any atom is 0.338 e. The molecule has 0 spiro atoms. The Kier molecular flexibility index (Phi) is 10.6. The molecule has 8 aliphatic carbocycles. The number of methoxy groups -OCH3 is 4. The van der Waals surface area contributed by atoms with Crippen LogP contribution in [0.15, 0.2) is 162 Å². The molecule has 63 heavy (non-hydrogen) atoms. The van der Waals surface area contributed by atoms with Gasteiger partial charge < -0.3 is 23.4 Å². The summed E-state index contributed by atoms with van der Waals surface area (Å²) >= 11 is 0. The summed E-state index contributed by atoms with van der Waals surface area (Å²) in [5.74, 6) is -2.07. The molecule has 1 heterocycles. The predicted octanol–water partition coefficient (Wildman–Crippen LogP) is 9.34. The molecule has 0 fully saturated rings. The molecule has 0 saturated heterocycles. The lowest BCUT2D eigenvalue weighted by Crippen LogP contribution is -2.11. The van der Waals surface area contributed by atoms with Crippen LogP contribution in [-0.4, -0.2) is 52.3 Å². The minimum absolute atomic E-state index is 0.350. The maximum atomic E-state index is 13.4. The van der Waals surface area contributed by atoms with Crippen LogP contribution in [0.25, 0.3) is 55.7 Å². The highest BCUT2D eigenvalue weighted by atomic mass is 16.5. The molecule has 8 aliphatic rings. The van der Waals surface area contributed by atoms with E-state index in [0.29, 0.717) is 88.7 Å². The molecule has 0 unspecified atom stereocenters. The molecule has 9 heteroatoms. The summed E-state index contributed by atoms with van der Waals surface area (Å²) in [6.45, 7) is 0. The highest BCUT2D eigenvalue weighted by molar-refractivity contribution is 6.10. The molecule has 1 aromatic rings. The second-order valence-electron chi connectivity index (χ2n) is 14.7. The summed E-state index contributed by atoms with van der Waals surface area (Å²) in [4.78, 5) is 53.8. The van der Waals surface area contributed by atoms with Crippen molar-refractivity contribution in [2.24, 2.45) is 0 Å². The van der Waals surface area contributed by atoms with Crippen molar-refractivity contribution in [3.8, 4) is 44.5 Å². The average Bonchev–Trinajstić information content (AvgIpc) is 3.97. The van der Waals surface area contributed by atoms with E-state index in [1.54, 1.807) is 24.3 Å². The third-order valence-electron chi connectivity index (χ3n) is 11.4. The van der Waals surface area contributed by atoms with Crippen molar-refractivity contribution in [3.05, 3.63) is 213 Å². The van der Waals surface area contributed by atoms with Crippen LogP contribution in [0.4, 0.5) is 0 Å². The molecule has 0 aromatic carbocycles. The van der Waals surface area contributed by atoms with E-state index in [-0.39, 0.29) is 0 Å². The predicted molar refractivity (Wildman–Crippen MR) is 239 cm³/mol. The van der Waals surface area contributed by atoms with Gasteiger partial charge in [-0.1, -0.05) is 121 Å². The molecule has 9 nitrogen and oxygen atoms in total. The summed E-state index contributed by atoms with van der Waals surface area (Å²) in [6, 6.07) is 48.6. The maximum absolute atomic E-state index is 13.4. The first-order valence-electron chi connectivity index (χ1n) is 20.0. The summed E-state index contributed by atoms with van der Waals surface area (Å²) < 4.78 is 28.3. The van der Waals surface area contributed by atoms with Gasteiger partial charge in [0.1, 0.15) is 10.8 Å². The fraction of sp³-hybridized carbons (Fsp3) is 0.0741. The van der Waals surface area contributed by atoms with Crippen molar-refractivity contribution in [3.63, 3.8) is 0 Å². The topological polar surface area (TPSA) is 118 Å². The van der Waals surface area contributed by atoms with Gasteiger partial charge in [-0.25, -0.2) is 19.2 Å². The first-order valence-corrected chi connectivity index (χ1v) is 20.0. The number of carbonyl (C=O) groups excluding carboxylic acids is 4. The molecular formula is C54H38O9. The third-order valence-corrected chi connectivity index (χ3v) is 11.4. The van der Waals surface area contributed by atoms with Gasteiger partial charge in [-0.15, -0.1) is 0 Å². The van der Waals surface area contributed by atoms with Gasteiger partial charge in [0.2, 0.25) is 0 Å². The van der Waals surface area contributed by atoms with Gasteiger partial charge >= 0.3 is 23.9 Å². The van der Waals surface area contributed by atoms with E-state index in [9.17, 15) is 19.2 Å². The number of carbonyl (C=O) groups is 4. The zero-order chi connectivity index (χ0) is 43.8. The van der Waals surface area contributed by atoms with Crippen molar-refractivity contribution in [1.29, 1.82) is 0 Å². The SMILES string of the molecule is COC(=O)c1cc(C(c2cc(C(=O)OC)c3cccccc2-3)=c2ccc(=C(c3cc(C(=O)OC)c4cccccc3-4)c3cc(C(=O)OC)c4cccccc3-4)o2)c2cccccc1-2. The zero-order valence-corrected chi connectivity index (χ0v) is 34.7. The van der Waals surface area contributed by atoms with E-state index in [1.165, 1.54) is 28.4 Å². The highest BCUT2D eigenvalue weighted by Gasteiger charge is 2.31. The molecule has 1 aromatic heterocycles. The third kappa shape index (κ3) is 6.86. The van der Waals surface area contributed by atoms with E-state index in [4.69, 9.17) is 23.4 Å². The quantitative estimate of drug-likeness (QED) is 0.109. The fourth-order valence-corrected chi connectivity index (χ4v) is 8.64. The lowest BCUT2D eigenvalue weighted by atomic mass is 9.94. The Morgan fingerprint density at radius 2 is 0.508 bits per heavy atom. The zero-order valence-electron chi connectivity index (χ0n) is 34.7. The molecule has 0 aliphatic heterocycles. The van der Waals surface area contributed by atoms with Crippen LogP contribution in [0, 0.1) is 0 Å². The van der Waals surface area contributed by atoms with E-state index in [1.807, 2.05) is 133 Å². The Labute approximate surface area is 362 Å². The number of hydrogen-bond acceptors (Lipinski definition) is 9. The smallest absolute Gasteiger partial charge is 0.338 e. The van der Waals surface area contributed by atoms with E-state index < -0.39 is 23.9 Å². The van der Waals surface area contributed by atoms with Gasteiger partial charge in [0.15, 0.2) is 0 Å². The van der Waals surface area contributed by atoms with Crippen LogP contribution >= 0.6 is 0 Å². The highest BCUT2D eigenvalue weighted by Crippen LogP contribution is 2.45. The standard InChI is InChI=1S/C54H38O9/c1-59-51(55)43-27-39(31-17-9-5-13-21-35(31)43)49(40-28-44(52(56)60-2)36-22-14-6-10-18-32(36)40)47-25-26-48(63-47)50(41-29-45(53(57)61-3)37-23-15-7-11-19-33(37)41)42-30-46(54(58)62-4)38-24-16-8-12-20-34(38)42/h5-30H,1-4H3. The fourth-order valence-electron chi connectivity index (χ4n) is 8.64. The summed E-state index contributed by atoms with van der Waals surface area (Å²) in [6.07, 6.45) is 0. The van der Waals surface area contributed by atoms with E-state index in [0.717, 1.165) is 22.3 Å². The molecule has 0 bridgehead atoms. The Balaban J connectivity index is 1.48. The van der Waals surface area contributed by atoms with Crippen molar-refractivity contribution in [2.45, 2.75) is 0 Å². The number of esters is 4. The molecule has 0 amide bonds. The number of rotatable bonds is 8. The Hall–Kier alpha value is -8.30. The molecule has 9 rings (SSSR count). The average molecular weight is 831 g/mol. The molecule has 308 valence electrons. The van der Waals surface area contributed by atoms with Gasteiger partial charge in [0, 0.05) is 11.1 Å². The molecule has 0 N–H and O–H groups in total. The lowest BCUT2D eigenvalue weighted by Gasteiger charge is -2.10. The number of hydrogen-bond donors (Lipinski definition) is 0. The second kappa shape index (κ2) is 16.6. The van der Waals surface area contributed by atoms with Crippen LogP contribution in [-0.2, 0) is 18.9 Å². The van der Waals surface area contributed by atoms with Gasteiger partial charge in [0.25, 0.3) is 0 Å². The van der Waals surface area contributed by atoms with Crippen LogP contribution in [0.3, 0.4) is 0 Å². The monoisotopic (exact) mass is 830 g/mol. The van der Waals surface area contributed by atoms with Crippen LogP contribution in [0.1, 0.15) is 63.7 Å². The van der Waals surface area contributed by atoms with Crippen molar-refractivity contribution < 1.29 is 42.5 Å². The minimum atomic E-state index is -0.517. The second-order valence-corrected chi connectivity index (χ2v) is 14.7. The van der Waals surface area contributed by atoms with Crippen LogP contribution in [0.2, 0.25) is 0 Å². The summed E-state index contributed by atoms with van der Waals surface area (Å²) in [5.41, 5.74) is 11.5. The van der Waals surface area contributed by atoms with Crippen molar-refractivity contribution in [1.82, 2.24) is 0 Å².